The number of hydrogen-bond acceptors (Lipinski definition) is 4. The van der Waals surface area contributed by atoms with Crippen molar-refractivity contribution >= 4 is 11.6 Å². The van der Waals surface area contributed by atoms with Crippen molar-refractivity contribution in [3.05, 3.63) is 24.3 Å². The van der Waals surface area contributed by atoms with Crippen LogP contribution in [0, 0.1) is 5.92 Å². The Bertz CT molecular complexity index is 582. The lowest BCUT2D eigenvalue weighted by molar-refractivity contribution is -0.140. The maximum Gasteiger partial charge on any atom is 0.256 e. The number of benzene rings is 1. The molecule has 28 heavy (non-hydrogen) atoms. The van der Waals surface area contributed by atoms with Gasteiger partial charge in [-0.05, 0) is 75.9 Å². The molecule has 1 aromatic rings. The lowest BCUT2D eigenvalue weighted by Gasteiger charge is -2.30. The Balaban J connectivity index is 1.80. The van der Waals surface area contributed by atoms with Crippen LogP contribution >= 0.6 is 0 Å². The van der Waals surface area contributed by atoms with Gasteiger partial charge in [0.1, 0.15) is 18.0 Å². The summed E-state index contributed by atoms with van der Waals surface area (Å²) in [6.45, 7) is 12.9. The van der Waals surface area contributed by atoms with Crippen LogP contribution in [0.3, 0.4) is 0 Å². The molecule has 0 unspecified atom stereocenters. The molecule has 1 atom stereocenters. The number of carbonyl (C=O) groups is 1. The molecule has 0 aromatic heterocycles. The molecule has 1 saturated heterocycles. The predicted octanol–water partition coefficient (Wildman–Crippen LogP) is 4.72. The van der Waals surface area contributed by atoms with E-state index in [0.29, 0.717) is 19.6 Å². The van der Waals surface area contributed by atoms with Gasteiger partial charge < -0.3 is 14.8 Å². The number of anilines is 1. The molecule has 0 bridgehead atoms. The van der Waals surface area contributed by atoms with E-state index in [0.717, 1.165) is 36.7 Å². The second kappa shape index (κ2) is 11.4. The van der Waals surface area contributed by atoms with Gasteiger partial charge in [0.05, 0.1) is 0 Å². The smallest absolute Gasteiger partial charge is 0.256 e. The van der Waals surface area contributed by atoms with Crippen LogP contribution in [0.4, 0.5) is 5.69 Å². The van der Waals surface area contributed by atoms with Crippen LogP contribution in [0.15, 0.2) is 24.3 Å². The largest absolute Gasteiger partial charge is 0.492 e. The summed E-state index contributed by atoms with van der Waals surface area (Å²) in [5.74, 6) is 1.60. The van der Waals surface area contributed by atoms with Crippen LogP contribution in [-0.4, -0.2) is 49.3 Å². The molecule has 1 N–H and O–H groups in total. The van der Waals surface area contributed by atoms with Gasteiger partial charge in [0, 0.05) is 18.8 Å². The SMILES string of the molecule is CCCO[C@](C)(CCC)C(=O)Nc1ccc(OCCN2CCC(C)CC2)cc1. The predicted molar refractivity (Wildman–Crippen MR) is 115 cm³/mol. The lowest BCUT2D eigenvalue weighted by atomic mass is 9.99. The van der Waals surface area contributed by atoms with Crippen LogP contribution in [-0.2, 0) is 9.53 Å². The summed E-state index contributed by atoms with van der Waals surface area (Å²) in [6.07, 6.45) is 5.07. The minimum Gasteiger partial charge on any atom is -0.492 e. The fourth-order valence-corrected chi connectivity index (χ4v) is 3.53. The third kappa shape index (κ3) is 7.10. The fourth-order valence-electron chi connectivity index (χ4n) is 3.53. The Labute approximate surface area is 170 Å². The van der Waals surface area contributed by atoms with E-state index in [1.807, 2.05) is 31.2 Å². The standard InChI is InChI=1S/C23H38N2O3/c1-5-13-23(4,28-17-6-2)22(26)24-20-7-9-21(10-8-20)27-18-16-25-14-11-19(3)12-15-25/h7-10,19H,5-6,11-18H2,1-4H3,(H,24,26)/t23-/m1/s1. The zero-order chi connectivity index (χ0) is 20.4. The first-order valence-electron chi connectivity index (χ1n) is 10.9. The summed E-state index contributed by atoms with van der Waals surface area (Å²) >= 11 is 0. The van der Waals surface area contributed by atoms with Gasteiger partial charge >= 0.3 is 0 Å². The average Bonchev–Trinajstić information content (AvgIpc) is 2.69. The quantitative estimate of drug-likeness (QED) is 0.594. The van der Waals surface area contributed by atoms with Gasteiger partial charge in [0.15, 0.2) is 0 Å². The molecule has 158 valence electrons. The second-order valence-electron chi connectivity index (χ2n) is 8.18. The number of piperidine rings is 1. The van der Waals surface area contributed by atoms with Crippen molar-refractivity contribution in [1.29, 1.82) is 0 Å². The average molecular weight is 391 g/mol. The molecule has 0 spiro atoms. The third-order valence-corrected chi connectivity index (χ3v) is 5.50. The van der Waals surface area contributed by atoms with Crippen LogP contribution < -0.4 is 10.1 Å². The van der Waals surface area contributed by atoms with Crippen LogP contribution in [0.5, 0.6) is 5.75 Å². The molecule has 1 heterocycles. The summed E-state index contributed by atoms with van der Waals surface area (Å²) in [4.78, 5) is 15.2. The minimum absolute atomic E-state index is 0.0872. The molecule has 5 heteroatoms. The summed E-state index contributed by atoms with van der Waals surface area (Å²) in [6, 6.07) is 7.61. The Kier molecular flexibility index (Phi) is 9.26. The molecule has 1 aliphatic rings. The number of carbonyl (C=O) groups excluding carboxylic acids is 1. The topological polar surface area (TPSA) is 50.8 Å². The molecular weight excluding hydrogens is 352 g/mol. The summed E-state index contributed by atoms with van der Waals surface area (Å²) in [7, 11) is 0. The Morgan fingerprint density at radius 3 is 2.43 bits per heavy atom. The molecule has 0 aliphatic carbocycles. The van der Waals surface area contributed by atoms with E-state index in [9.17, 15) is 4.79 Å². The maximum absolute atomic E-state index is 12.7. The fraction of sp³-hybridized carbons (Fsp3) is 0.696. The Hall–Kier alpha value is -1.59. The van der Waals surface area contributed by atoms with E-state index in [2.05, 4.69) is 31.0 Å². The monoisotopic (exact) mass is 390 g/mol. The highest BCUT2D eigenvalue weighted by Gasteiger charge is 2.33. The molecule has 2 rings (SSSR count). The number of nitrogens with one attached hydrogen (secondary N) is 1. The number of likely N-dealkylation sites (tertiary alicyclic amines) is 1. The maximum atomic E-state index is 12.7. The van der Waals surface area contributed by atoms with E-state index < -0.39 is 5.60 Å². The molecule has 1 fully saturated rings. The summed E-state index contributed by atoms with van der Waals surface area (Å²) in [5, 5.41) is 2.99. The highest BCUT2D eigenvalue weighted by atomic mass is 16.5. The number of amides is 1. The van der Waals surface area contributed by atoms with Crippen molar-refractivity contribution in [1.82, 2.24) is 4.90 Å². The van der Waals surface area contributed by atoms with E-state index in [4.69, 9.17) is 9.47 Å². The summed E-state index contributed by atoms with van der Waals surface area (Å²) < 4.78 is 11.7. The lowest BCUT2D eigenvalue weighted by Crippen LogP contribution is -2.43. The Morgan fingerprint density at radius 2 is 1.82 bits per heavy atom. The van der Waals surface area contributed by atoms with E-state index in [1.54, 1.807) is 0 Å². The van der Waals surface area contributed by atoms with Crippen molar-refractivity contribution in [2.24, 2.45) is 5.92 Å². The van der Waals surface area contributed by atoms with E-state index in [1.165, 1.54) is 25.9 Å². The van der Waals surface area contributed by atoms with Gasteiger partial charge in [-0.1, -0.05) is 27.2 Å². The minimum atomic E-state index is -0.786. The van der Waals surface area contributed by atoms with Crippen molar-refractivity contribution in [2.45, 2.75) is 65.4 Å². The van der Waals surface area contributed by atoms with Crippen molar-refractivity contribution in [2.75, 3.05) is 38.2 Å². The highest BCUT2D eigenvalue weighted by molar-refractivity contribution is 5.97. The second-order valence-corrected chi connectivity index (χ2v) is 8.18. The molecule has 0 saturated carbocycles. The van der Waals surface area contributed by atoms with E-state index in [-0.39, 0.29) is 5.91 Å². The van der Waals surface area contributed by atoms with Crippen LogP contribution in [0.25, 0.3) is 0 Å². The first-order chi connectivity index (χ1) is 13.5. The van der Waals surface area contributed by atoms with Crippen molar-refractivity contribution in [3.63, 3.8) is 0 Å². The van der Waals surface area contributed by atoms with Gasteiger partial charge in [0.2, 0.25) is 0 Å². The molecule has 1 aliphatic heterocycles. The first kappa shape index (κ1) is 22.7. The zero-order valence-corrected chi connectivity index (χ0v) is 18.1. The van der Waals surface area contributed by atoms with Gasteiger partial charge in [-0.15, -0.1) is 0 Å². The van der Waals surface area contributed by atoms with Crippen LogP contribution in [0.1, 0.15) is 59.8 Å². The number of ether oxygens (including phenoxy) is 2. The number of rotatable bonds is 11. The van der Waals surface area contributed by atoms with Crippen molar-refractivity contribution < 1.29 is 14.3 Å². The number of nitrogens with zero attached hydrogens (tertiary/aromatic N) is 1. The molecular formula is C23H38N2O3. The third-order valence-electron chi connectivity index (χ3n) is 5.50. The van der Waals surface area contributed by atoms with Crippen LogP contribution in [0.2, 0.25) is 0 Å². The van der Waals surface area contributed by atoms with Crippen molar-refractivity contribution in [3.8, 4) is 5.75 Å². The van der Waals surface area contributed by atoms with Gasteiger partial charge in [-0.2, -0.15) is 0 Å². The van der Waals surface area contributed by atoms with Gasteiger partial charge in [-0.3, -0.25) is 9.69 Å². The van der Waals surface area contributed by atoms with Gasteiger partial charge in [0.25, 0.3) is 5.91 Å². The Morgan fingerprint density at radius 1 is 1.14 bits per heavy atom. The normalized spacial score (nSPS) is 17.9. The zero-order valence-electron chi connectivity index (χ0n) is 18.1. The molecule has 5 nitrogen and oxygen atoms in total. The summed E-state index contributed by atoms with van der Waals surface area (Å²) in [5.41, 5.74) is -0.0175. The molecule has 1 aromatic carbocycles. The number of hydrogen-bond donors (Lipinski definition) is 1. The van der Waals surface area contributed by atoms with E-state index >= 15 is 0 Å². The van der Waals surface area contributed by atoms with Gasteiger partial charge in [-0.25, -0.2) is 0 Å². The molecule has 0 radical (unpaired) electrons. The highest BCUT2D eigenvalue weighted by Crippen LogP contribution is 2.22. The first-order valence-corrected chi connectivity index (χ1v) is 10.9. The molecule has 1 amide bonds.